The molecular weight excluding hydrogens is 356 g/mol. The summed E-state index contributed by atoms with van der Waals surface area (Å²) in [5.41, 5.74) is 9.61. The number of aryl methyl sites for hydroxylation is 2. The van der Waals surface area contributed by atoms with Crippen LogP contribution in [0, 0.1) is 11.3 Å². The molecule has 0 fully saturated rings. The molecule has 3 rings (SSSR count). The average Bonchev–Trinajstić information content (AvgIpc) is 2.95. The molecule has 0 amide bonds. The van der Waals surface area contributed by atoms with E-state index in [-0.39, 0.29) is 17.4 Å². The van der Waals surface area contributed by atoms with Crippen LogP contribution in [0.4, 0.5) is 0 Å². The molecule has 2 heterocycles. The predicted molar refractivity (Wildman–Crippen MR) is 91.1 cm³/mol. The average molecular weight is 375 g/mol. The second-order valence-corrected chi connectivity index (χ2v) is 6.66. The third-order valence-corrected chi connectivity index (χ3v) is 4.99. The van der Waals surface area contributed by atoms with Gasteiger partial charge in [-0.3, -0.25) is 0 Å². The zero-order valence-corrected chi connectivity index (χ0v) is 14.6. The molecule has 0 bridgehead atoms. The minimum atomic E-state index is -0.367. The lowest BCUT2D eigenvalue weighted by atomic mass is 9.99. The van der Waals surface area contributed by atoms with Gasteiger partial charge in [-0.15, -0.1) is 0 Å². The summed E-state index contributed by atoms with van der Waals surface area (Å²) in [6, 6.07) is 5.08. The van der Waals surface area contributed by atoms with Gasteiger partial charge in [0.25, 0.3) is 0 Å². The maximum Gasteiger partial charge on any atom is 0.147 e. The van der Waals surface area contributed by atoms with E-state index in [4.69, 9.17) is 10.7 Å². The number of halogens is 1. The van der Waals surface area contributed by atoms with Crippen LogP contribution in [-0.2, 0) is 19.4 Å². The largest absolute Gasteiger partial charge is 0.505 e. The summed E-state index contributed by atoms with van der Waals surface area (Å²) in [6.45, 7) is 3.02. The number of phenolic OH excluding ortho intramolecular Hbond substituents is 1. The second kappa shape index (κ2) is 6.34. The van der Waals surface area contributed by atoms with Gasteiger partial charge in [0.1, 0.15) is 17.6 Å². The van der Waals surface area contributed by atoms with Crippen LogP contribution >= 0.6 is 15.9 Å². The molecule has 0 aliphatic carbocycles. The van der Waals surface area contributed by atoms with Crippen molar-refractivity contribution < 1.29 is 5.11 Å². The number of hydrogen-bond donors (Lipinski definition) is 2. The normalized spacial score (nSPS) is 15.0. The lowest BCUT2D eigenvalue weighted by Crippen LogP contribution is -2.21. The Morgan fingerprint density at radius 3 is 2.96 bits per heavy atom. The Kier molecular flexibility index (Phi) is 4.42. The van der Waals surface area contributed by atoms with Crippen LogP contribution in [0.1, 0.15) is 54.1 Å². The molecule has 23 heavy (non-hydrogen) atoms. The molecule has 3 N–H and O–H groups in total. The van der Waals surface area contributed by atoms with Crippen LogP contribution < -0.4 is 5.73 Å². The lowest BCUT2D eigenvalue weighted by Gasteiger charge is -2.21. The molecule has 1 aliphatic rings. The van der Waals surface area contributed by atoms with E-state index in [9.17, 15) is 10.4 Å². The topological polar surface area (TPSA) is 87.9 Å². The van der Waals surface area contributed by atoms with Crippen molar-refractivity contribution in [2.24, 2.45) is 5.73 Å². The van der Waals surface area contributed by atoms with Gasteiger partial charge >= 0.3 is 0 Å². The van der Waals surface area contributed by atoms with Crippen molar-refractivity contribution in [3.05, 3.63) is 44.9 Å². The Labute approximate surface area is 143 Å². The molecular formula is C17H19BrN4O. The van der Waals surface area contributed by atoms with Gasteiger partial charge in [0.15, 0.2) is 0 Å². The lowest BCUT2D eigenvalue weighted by molar-refractivity contribution is 0.469. The highest BCUT2D eigenvalue weighted by molar-refractivity contribution is 9.10. The van der Waals surface area contributed by atoms with Gasteiger partial charge in [0, 0.05) is 13.0 Å². The molecule has 0 saturated heterocycles. The number of aromatic hydroxyl groups is 1. The zero-order valence-electron chi connectivity index (χ0n) is 13.0. The van der Waals surface area contributed by atoms with Crippen LogP contribution in [0.5, 0.6) is 5.75 Å². The Balaban J connectivity index is 2.11. The molecule has 2 aromatic rings. The number of nitrogens with two attached hydrogens (primary N) is 1. The highest BCUT2D eigenvalue weighted by atomic mass is 79.9. The minimum Gasteiger partial charge on any atom is -0.505 e. The summed E-state index contributed by atoms with van der Waals surface area (Å²) in [7, 11) is 0. The minimum absolute atomic E-state index is 0.0468. The van der Waals surface area contributed by atoms with E-state index in [0.29, 0.717) is 4.47 Å². The first kappa shape index (κ1) is 16.0. The molecule has 6 heteroatoms. The predicted octanol–water partition coefficient (Wildman–Crippen LogP) is 3.17. The molecule has 1 aromatic carbocycles. The highest BCUT2D eigenvalue weighted by Crippen LogP contribution is 2.34. The second-order valence-electron chi connectivity index (χ2n) is 5.81. The summed E-state index contributed by atoms with van der Waals surface area (Å²) in [4.78, 5) is 4.76. The molecule has 1 unspecified atom stereocenters. The molecule has 1 aliphatic heterocycles. The van der Waals surface area contributed by atoms with Crippen LogP contribution in [0.2, 0.25) is 0 Å². The molecule has 1 atom stereocenters. The first-order valence-corrected chi connectivity index (χ1v) is 8.62. The standard InChI is InChI=1S/C17H19BrN4O/c1-2-13-16(22-6-4-3-5-14(22)21-13)15(20)10-7-11(9-19)17(23)12(18)8-10/h7-8,15,23H,2-6,20H2,1H3. The number of fused-ring (bicyclic) bond motifs is 1. The van der Waals surface area contributed by atoms with Crippen molar-refractivity contribution in [1.82, 2.24) is 9.55 Å². The van der Waals surface area contributed by atoms with E-state index in [1.54, 1.807) is 12.1 Å². The van der Waals surface area contributed by atoms with Crippen LogP contribution in [0.25, 0.3) is 0 Å². The summed E-state index contributed by atoms with van der Waals surface area (Å²) in [5, 5.41) is 19.1. The number of aromatic nitrogens is 2. The Morgan fingerprint density at radius 1 is 1.48 bits per heavy atom. The maximum absolute atomic E-state index is 9.90. The number of nitriles is 1. The quantitative estimate of drug-likeness (QED) is 0.863. The van der Waals surface area contributed by atoms with Gasteiger partial charge < -0.3 is 15.4 Å². The van der Waals surface area contributed by atoms with E-state index >= 15 is 0 Å². The van der Waals surface area contributed by atoms with E-state index in [0.717, 1.165) is 55.0 Å². The number of benzene rings is 1. The first-order chi connectivity index (χ1) is 11.1. The summed E-state index contributed by atoms with van der Waals surface area (Å²) < 4.78 is 2.72. The zero-order chi connectivity index (χ0) is 16.6. The number of imidazole rings is 1. The molecule has 0 saturated carbocycles. The highest BCUT2D eigenvalue weighted by Gasteiger charge is 2.25. The van der Waals surface area contributed by atoms with Crippen molar-refractivity contribution in [3.8, 4) is 11.8 Å². The number of rotatable bonds is 3. The van der Waals surface area contributed by atoms with Gasteiger partial charge in [0.05, 0.1) is 27.5 Å². The number of phenols is 1. The molecule has 120 valence electrons. The molecule has 0 spiro atoms. The van der Waals surface area contributed by atoms with Crippen LogP contribution in [0.15, 0.2) is 16.6 Å². The van der Waals surface area contributed by atoms with Gasteiger partial charge in [0.2, 0.25) is 0 Å². The third-order valence-electron chi connectivity index (χ3n) is 4.39. The van der Waals surface area contributed by atoms with E-state index in [1.807, 2.05) is 6.07 Å². The van der Waals surface area contributed by atoms with E-state index in [1.165, 1.54) is 0 Å². The van der Waals surface area contributed by atoms with E-state index < -0.39 is 0 Å². The van der Waals surface area contributed by atoms with Crippen molar-refractivity contribution in [2.45, 2.75) is 45.2 Å². The van der Waals surface area contributed by atoms with Crippen molar-refractivity contribution in [2.75, 3.05) is 0 Å². The monoisotopic (exact) mass is 374 g/mol. The summed E-state index contributed by atoms with van der Waals surface area (Å²) >= 11 is 3.30. The number of hydrogen-bond acceptors (Lipinski definition) is 4. The molecule has 0 radical (unpaired) electrons. The van der Waals surface area contributed by atoms with Gasteiger partial charge in [-0.2, -0.15) is 5.26 Å². The van der Waals surface area contributed by atoms with E-state index in [2.05, 4.69) is 27.4 Å². The molecule has 1 aromatic heterocycles. The van der Waals surface area contributed by atoms with Crippen LogP contribution in [-0.4, -0.2) is 14.7 Å². The maximum atomic E-state index is 9.90. The van der Waals surface area contributed by atoms with Crippen LogP contribution in [0.3, 0.4) is 0 Å². The Hall–Kier alpha value is -1.84. The van der Waals surface area contributed by atoms with Crippen molar-refractivity contribution in [1.29, 1.82) is 5.26 Å². The SMILES string of the molecule is CCc1nc2n(c1C(N)c1cc(Br)c(O)c(C#N)c1)CCCC2. The third kappa shape index (κ3) is 2.75. The number of nitrogens with zero attached hydrogens (tertiary/aromatic N) is 3. The van der Waals surface area contributed by atoms with Gasteiger partial charge in [-0.05, 0) is 52.9 Å². The molecule has 5 nitrogen and oxygen atoms in total. The fourth-order valence-electron chi connectivity index (χ4n) is 3.21. The summed E-state index contributed by atoms with van der Waals surface area (Å²) in [6.07, 6.45) is 4.11. The fourth-order valence-corrected chi connectivity index (χ4v) is 3.69. The fraction of sp³-hybridized carbons (Fsp3) is 0.412. The Morgan fingerprint density at radius 2 is 2.26 bits per heavy atom. The Bertz CT molecular complexity index is 791. The van der Waals surface area contributed by atoms with Gasteiger partial charge in [-0.1, -0.05) is 6.92 Å². The smallest absolute Gasteiger partial charge is 0.147 e. The van der Waals surface area contributed by atoms with Crippen molar-refractivity contribution in [3.63, 3.8) is 0 Å². The first-order valence-electron chi connectivity index (χ1n) is 7.83. The summed E-state index contributed by atoms with van der Waals surface area (Å²) in [5.74, 6) is 1.06. The van der Waals surface area contributed by atoms with Gasteiger partial charge in [-0.25, -0.2) is 4.98 Å². The van der Waals surface area contributed by atoms with Crippen molar-refractivity contribution >= 4 is 15.9 Å².